The Morgan fingerprint density at radius 2 is 2.29 bits per heavy atom. The van der Waals surface area contributed by atoms with Crippen LogP contribution in [-0.4, -0.2) is 22.1 Å². The predicted molar refractivity (Wildman–Crippen MR) is 66.3 cm³/mol. The minimum atomic E-state index is 0.570. The van der Waals surface area contributed by atoms with Crippen LogP contribution in [0.3, 0.4) is 0 Å². The Bertz CT molecular complexity index is 512. The van der Waals surface area contributed by atoms with Gasteiger partial charge < -0.3 is 10.1 Å². The maximum absolute atomic E-state index is 6.07. The van der Waals surface area contributed by atoms with E-state index in [1.807, 2.05) is 25.4 Å². The lowest BCUT2D eigenvalue weighted by Gasteiger charge is -2.08. The molecule has 1 aromatic carbocycles. The van der Waals surface area contributed by atoms with Gasteiger partial charge in [0.15, 0.2) is 0 Å². The summed E-state index contributed by atoms with van der Waals surface area (Å²) in [6, 6.07) is 5.45. The molecular weight excluding hydrogens is 240 g/mol. The molecule has 0 saturated carbocycles. The first-order valence-corrected chi connectivity index (χ1v) is 5.49. The van der Waals surface area contributed by atoms with Crippen LogP contribution in [0.15, 0.2) is 24.4 Å². The van der Waals surface area contributed by atoms with E-state index >= 15 is 0 Å². The van der Waals surface area contributed by atoms with Crippen LogP contribution in [0.25, 0.3) is 0 Å². The fourth-order valence-corrected chi connectivity index (χ4v) is 1.61. The molecule has 2 aromatic rings. The smallest absolute Gasteiger partial charge is 0.121 e. The SMILES string of the molecule is COc1ccc(Cl)c(NCc2cn(C)nn2)c1. The van der Waals surface area contributed by atoms with E-state index in [0.29, 0.717) is 11.6 Å². The van der Waals surface area contributed by atoms with Gasteiger partial charge in [-0.1, -0.05) is 16.8 Å². The van der Waals surface area contributed by atoms with Gasteiger partial charge in [0.25, 0.3) is 0 Å². The van der Waals surface area contributed by atoms with E-state index in [-0.39, 0.29) is 0 Å². The van der Waals surface area contributed by atoms with Crippen molar-refractivity contribution in [3.05, 3.63) is 35.1 Å². The lowest BCUT2D eigenvalue weighted by Crippen LogP contribution is -2.00. The number of methoxy groups -OCH3 is 1. The van der Waals surface area contributed by atoms with Crippen LogP contribution < -0.4 is 10.1 Å². The monoisotopic (exact) mass is 252 g/mol. The molecule has 1 heterocycles. The van der Waals surface area contributed by atoms with Crippen LogP contribution in [0.5, 0.6) is 5.75 Å². The molecule has 1 N–H and O–H groups in total. The third kappa shape index (κ3) is 2.88. The van der Waals surface area contributed by atoms with Gasteiger partial charge in [-0.25, -0.2) is 0 Å². The van der Waals surface area contributed by atoms with Crippen LogP contribution >= 0.6 is 11.6 Å². The third-order valence-corrected chi connectivity index (χ3v) is 2.61. The molecule has 0 radical (unpaired) electrons. The summed E-state index contributed by atoms with van der Waals surface area (Å²) in [4.78, 5) is 0. The number of hydrogen-bond acceptors (Lipinski definition) is 4. The minimum Gasteiger partial charge on any atom is -0.497 e. The summed E-state index contributed by atoms with van der Waals surface area (Å²) in [5, 5.41) is 11.7. The molecule has 0 fully saturated rings. The number of benzene rings is 1. The van der Waals surface area contributed by atoms with Crippen molar-refractivity contribution in [3.8, 4) is 5.75 Å². The van der Waals surface area contributed by atoms with Crippen molar-refractivity contribution < 1.29 is 4.74 Å². The van der Waals surface area contributed by atoms with Crippen molar-refractivity contribution in [1.82, 2.24) is 15.0 Å². The van der Waals surface area contributed by atoms with E-state index in [1.54, 1.807) is 17.9 Å². The lowest BCUT2D eigenvalue weighted by molar-refractivity contribution is 0.415. The van der Waals surface area contributed by atoms with Gasteiger partial charge >= 0.3 is 0 Å². The molecule has 0 spiro atoms. The number of halogens is 1. The molecule has 0 atom stereocenters. The Hall–Kier alpha value is -1.75. The highest BCUT2D eigenvalue weighted by Gasteiger charge is 2.03. The largest absolute Gasteiger partial charge is 0.497 e. The highest BCUT2D eigenvalue weighted by molar-refractivity contribution is 6.33. The van der Waals surface area contributed by atoms with Gasteiger partial charge in [0.1, 0.15) is 11.4 Å². The van der Waals surface area contributed by atoms with Gasteiger partial charge in [-0.15, -0.1) is 5.10 Å². The Morgan fingerprint density at radius 3 is 2.94 bits per heavy atom. The molecule has 5 nitrogen and oxygen atoms in total. The second-order valence-corrected chi connectivity index (χ2v) is 3.99. The van der Waals surface area contributed by atoms with Crippen LogP contribution in [-0.2, 0) is 13.6 Å². The van der Waals surface area contributed by atoms with Crippen molar-refractivity contribution in [1.29, 1.82) is 0 Å². The Morgan fingerprint density at radius 1 is 1.47 bits per heavy atom. The van der Waals surface area contributed by atoms with Crippen molar-refractivity contribution in [3.63, 3.8) is 0 Å². The third-order valence-electron chi connectivity index (χ3n) is 2.28. The number of hydrogen-bond donors (Lipinski definition) is 1. The molecule has 2 rings (SSSR count). The van der Waals surface area contributed by atoms with Crippen LogP contribution in [0.1, 0.15) is 5.69 Å². The summed E-state index contributed by atoms with van der Waals surface area (Å²) in [6.07, 6.45) is 1.85. The number of aryl methyl sites for hydroxylation is 1. The second-order valence-electron chi connectivity index (χ2n) is 3.58. The van der Waals surface area contributed by atoms with Crippen molar-refractivity contribution in [2.45, 2.75) is 6.54 Å². The van der Waals surface area contributed by atoms with Gasteiger partial charge in [0.05, 0.1) is 24.4 Å². The topological polar surface area (TPSA) is 52.0 Å². The van der Waals surface area contributed by atoms with Crippen molar-refractivity contribution >= 4 is 17.3 Å². The second kappa shape index (κ2) is 5.05. The average molecular weight is 253 g/mol. The molecule has 0 aliphatic carbocycles. The zero-order valence-corrected chi connectivity index (χ0v) is 10.4. The van der Waals surface area contributed by atoms with Crippen LogP contribution in [0, 0.1) is 0 Å². The predicted octanol–water partition coefficient (Wildman–Crippen LogP) is 2.09. The van der Waals surface area contributed by atoms with E-state index in [2.05, 4.69) is 15.6 Å². The summed E-state index contributed by atoms with van der Waals surface area (Å²) in [6.45, 7) is 0.570. The first-order chi connectivity index (χ1) is 8.19. The van der Waals surface area contributed by atoms with Crippen LogP contribution in [0.2, 0.25) is 5.02 Å². The van der Waals surface area contributed by atoms with E-state index in [9.17, 15) is 0 Å². The number of rotatable bonds is 4. The van der Waals surface area contributed by atoms with Gasteiger partial charge in [-0.2, -0.15) is 0 Å². The number of anilines is 1. The highest BCUT2D eigenvalue weighted by atomic mass is 35.5. The minimum absolute atomic E-state index is 0.570. The Labute approximate surface area is 104 Å². The molecule has 17 heavy (non-hydrogen) atoms. The zero-order valence-electron chi connectivity index (χ0n) is 9.64. The molecule has 6 heteroatoms. The summed E-state index contributed by atoms with van der Waals surface area (Å²) in [7, 11) is 3.45. The molecule has 0 bridgehead atoms. The normalized spacial score (nSPS) is 10.3. The number of aromatic nitrogens is 3. The molecule has 1 aromatic heterocycles. The van der Waals surface area contributed by atoms with Gasteiger partial charge in [-0.05, 0) is 12.1 Å². The van der Waals surface area contributed by atoms with Crippen LogP contribution in [0.4, 0.5) is 5.69 Å². The molecule has 0 saturated heterocycles. The fourth-order valence-electron chi connectivity index (χ4n) is 1.43. The average Bonchev–Trinajstić information content (AvgIpc) is 2.74. The van der Waals surface area contributed by atoms with Crippen molar-refractivity contribution in [2.24, 2.45) is 7.05 Å². The van der Waals surface area contributed by atoms with Crippen molar-refractivity contribution in [2.75, 3.05) is 12.4 Å². The summed E-state index contributed by atoms with van der Waals surface area (Å²) in [5.41, 5.74) is 1.67. The number of nitrogens with zero attached hydrogens (tertiary/aromatic N) is 3. The molecule has 0 aliphatic rings. The van der Waals surface area contributed by atoms with E-state index in [4.69, 9.17) is 16.3 Å². The summed E-state index contributed by atoms with van der Waals surface area (Å²) < 4.78 is 6.79. The summed E-state index contributed by atoms with van der Waals surface area (Å²) >= 11 is 6.07. The van der Waals surface area contributed by atoms with E-state index < -0.39 is 0 Å². The molecular formula is C11H13ClN4O. The van der Waals surface area contributed by atoms with Gasteiger partial charge in [0, 0.05) is 19.3 Å². The maximum Gasteiger partial charge on any atom is 0.121 e. The lowest BCUT2D eigenvalue weighted by atomic mass is 10.3. The molecule has 0 unspecified atom stereocenters. The van der Waals surface area contributed by atoms with Gasteiger partial charge in [0.2, 0.25) is 0 Å². The molecule has 0 amide bonds. The fraction of sp³-hybridized carbons (Fsp3) is 0.273. The summed E-state index contributed by atoms with van der Waals surface area (Å²) in [5.74, 6) is 0.760. The number of ether oxygens (including phenoxy) is 1. The highest BCUT2D eigenvalue weighted by Crippen LogP contribution is 2.26. The first-order valence-electron chi connectivity index (χ1n) is 5.11. The maximum atomic E-state index is 6.07. The zero-order chi connectivity index (χ0) is 12.3. The quantitative estimate of drug-likeness (QED) is 0.905. The van der Waals surface area contributed by atoms with E-state index in [1.165, 1.54) is 0 Å². The Kier molecular flexibility index (Phi) is 3.49. The first kappa shape index (κ1) is 11.7. The Balaban J connectivity index is 2.07. The van der Waals surface area contributed by atoms with Gasteiger partial charge in [-0.3, -0.25) is 4.68 Å². The number of nitrogens with one attached hydrogen (secondary N) is 1. The van der Waals surface area contributed by atoms with E-state index in [0.717, 1.165) is 17.1 Å². The molecule has 0 aliphatic heterocycles. The standard InChI is InChI=1S/C11H13ClN4O/c1-16-7-8(14-15-16)6-13-11-5-9(17-2)3-4-10(11)12/h3-5,7,13H,6H2,1-2H3. The molecule has 90 valence electrons.